The second-order valence-corrected chi connectivity index (χ2v) is 11.9. The Kier molecular flexibility index (Phi) is 9.10. The van der Waals surface area contributed by atoms with E-state index in [9.17, 15) is 4.79 Å². The van der Waals surface area contributed by atoms with Gasteiger partial charge in [-0.1, -0.05) is 54.1 Å². The molecule has 2 N–H and O–H groups in total. The number of aromatic nitrogens is 2. The maximum Gasteiger partial charge on any atom is 0.253 e. The van der Waals surface area contributed by atoms with Gasteiger partial charge in [0.2, 0.25) is 5.95 Å². The van der Waals surface area contributed by atoms with Gasteiger partial charge in [0.25, 0.3) is 5.91 Å². The Morgan fingerprint density at radius 1 is 1.07 bits per heavy atom. The quantitative estimate of drug-likeness (QED) is 0.169. The van der Waals surface area contributed by atoms with Crippen molar-refractivity contribution in [1.82, 2.24) is 19.8 Å². The first-order valence-corrected chi connectivity index (χ1v) is 15.4. The monoisotopic (exact) mass is 595 g/mol. The fourth-order valence-corrected chi connectivity index (χ4v) is 6.27. The van der Waals surface area contributed by atoms with E-state index >= 15 is 0 Å². The number of fused-ring (bicyclic) bond motifs is 1. The van der Waals surface area contributed by atoms with E-state index < -0.39 is 0 Å². The lowest BCUT2D eigenvalue weighted by atomic mass is 9.94. The molecule has 1 saturated heterocycles. The molecule has 1 aliphatic heterocycles. The van der Waals surface area contributed by atoms with Crippen molar-refractivity contribution in [2.75, 3.05) is 38.5 Å². The summed E-state index contributed by atoms with van der Waals surface area (Å²) in [5.41, 5.74) is 5.06. The number of hydrogen-bond acceptors (Lipinski definition) is 5. The zero-order chi connectivity index (χ0) is 29.6. The molecule has 5 aromatic rings. The number of rotatable bonds is 11. The normalized spacial score (nSPS) is 15.0. The predicted octanol–water partition coefficient (Wildman–Crippen LogP) is 7.22. The highest BCUT2D eigenvalue weighted by Crippen LogP contribution is 2.27. The second kappa shape index (κ2) is 13.5. The van der Waals surface area contributed by atoms with E-state index in [1.54, 1.807) is 6.26 Å². The SMILES string of the molecule is CN(CC(CCN1CCC(Nc2nc3c(Cc4ccco4)cccc3[nH]2)CC1)c1cccc(Cl)c1)C(=O)c1ccccc1. The van der Waals surface area contributed by atoms with E-state index in [1.807, 2.05) is 72.6 Å². The van der Waals surface area contributed by atoms with Crippen LogP contribution in [0.4, 0.5) is 5.95 Å². The topological polar surface area (TPSA) is 77.4 Å². The molecule has 3 heterocycles. The molecule has 7 nitrogen and oxygen atoms in total. The van der Waals surface area contributed by atoms with Gasteiger partial charge in [-0.15, -0.1) is 0 Å². The van der Waals surface area contributed by atoms with E-state index in [1.165, 1.54) is 5.56 Å². The number of carbonyl (C=O) groups is 1. The summed E-state index contributed by atoms with van der Waals surface area (Å²) in [7, 11) is 1.89. The molecule has 6 rings (SSSR count). The number of halogens is 1. The zero-order valence-electron chi connectivity index (χ0n) is 24.5. The van der Waals surface area contributed by atoms with Crippen LogP contribution in [0.15, 0.2) is 95.6 Å². The fraction of sp³-hybridized carbons (Fsp3) is 0.314. The number of anilines is 1. The van der Waals surface area contributed by atoms with Crippen LogP contribution in [0.1, 0.15) is 52.4 Å². The first kappa shape index (κ1) is 29.0. The van der Waals surface area contributed by atoms with Crippen molar-refractivity contribution in [2.45, 2.75) is 37.6 Å². The van der Waals surface area contributed by atoms with Crippen LogP contribution in [0, 0.1) is 0 Å². The molecule has 8 heteroatoms. The molecule has 0 saturated carbocycles. The number of aromatic amines is 1. The highest BCUT2D eigenvalue weighted by Gasteiger charge is 2.23. The average molecular weight is 596 g/mol. The standard InChI is InChI=1S/C35H38ClN5O2/c1-40(34(42)25-8-3-2-4-9-25)24-28(26-10-5-12-29(36)22-26)15-18-41-19-16-30(17-20-41)37-35-38-32-14-6-11-27(33(32)39-35)23-31-13-7-21-43-31/h2-14,21-22,28,30H,15-20,23-24H2,1H3,(H2,37,38,39). The largest absolute Gasteiger partial charge is 0.469 e. The minimum absolute atomic E-state index is 0.0400. The van der Waals surface area contributed by atoms with Crippen LogP contribution in [0.3, 0.4) is 0 Å². The van der Waals surface area contributed by atoms with E-state index in [-0.39, 0.29) is 11.8 Å². The number of carbonyl (C=O) groups excluding carboxylic acids is 1. The van der Waals surface area contributed by atoms with Crippen LogP contribution in [0.5, 0.6) is 0 Å². The van der Waals surface area contributed by atoms with Gasteiger partial charge >= 0.3 is 0 Å². The molecule has 1 unspecified atom stereocenters. The molecular formula is C35H38ClN5O2. The number of likely N-dealkylation sites (tertiary alicyclic amines) is 1. The summed E-state index contributed by atoms with van der Waals surface area (Å²) in [5.74, 6) is 1.99. The van der Waals surface area contributed by atoms with Crippen LogP contribution in [0.25, 0.3) is 11.0 Å². The molecular weight excluding hydrogens is 558 g/mol. The lowest BCUT2D eigenvalue weighted by Crippen LogP contribution is -2.40. The summed E-state index contributed by atoms with van der Waals surface area (Å²) in [6.45, 7) is 3.64. The first-order chi connectivity index (χ1) is 21.0. The number of nitrogens with zero attached hydrogens (tertiary/aromatic N) is 3. The molecule has 0 radical (unpaired) electrons. The Balaban J connectivity index is 1.04. The average Bonchev–Trinajstić information content (AvgIpc) is 3.70. The van der Waals surface area contributed by atoms with Crippen molar-refractivity contribution >= 4 is 34.5 Å². The van der Waals surface area contributed by atoms with Gasteiger partial charge in [0.15, 0.2) is 0 Å². The van der Waals surface area contributed by atoms with Crippen molar-refractivity contribution < 1.29 is 9.21 Å². The van der Waals surface area contributed by atoms with Crippen molar-refractivity contribution in [3.63, 3.8) is 0 Å². The van der Waals surface area contributed by atoms with E-state index in [0.29, 0.717) is 18.2 Å². The summed E-state index contributed by atoms with van der Waals surface area (Å²) >= 11 is 6.37. The number of H-pyrrole nitrogens is 1. The molecule has 43 heavy (non-hydrogen) atoms. The molecule has 1 fully saturated rings. The van der Waals surface area contributed by atoms with Gasteiger partial charge in [0.1, 0.15) is 5.76 Å². The molecule has 1 amide bonds. The second-order valence-electron chi connectivity index (χ2n) is 11.5. The number of para-hydroxylation sites is 1. The van der Waals surface area contributed by atoms with E-state index in [2.05, 4.69) is 39.5 Å². The Morgan fingerprint density at radius 2 is 1.88 bits per heavy atom. The van der Waals surface area contributed by atoms with Gasteiger partial charge in [-0.2, -0.15) is 0 Å². The third-order valence-corrected chi connectivity index (χ3v) is 8.68. The van der Waals surface area contributed by atoms with Crippen LogP contribution >= 0.6 is 11.6 Å². The molecule has 0 spiro atoms. The van der Waals surface area contributed by atoms with Gasteiger partial charge in [-0.25, -0.2) is 4.98 Å². The lowest BCUT2D eigenvalue weighted by Gasteiger charge is -2.33. The molecule has 3 aromatic carbocycles. The van der Waals surface area contributed by atoms with Crippen LogP contribution < -0.4 is 5.32 Å². The number of nitrogens with one attached hydrogen (secondary N) is 2. The first-order valence-electron chi connectivity index (χ1n) is 15.1. The lowest BCUT2D eigenvalue weighted by molar-refractivity contribution is 0.0782. The van der Waals surface area contributed by atoms with Crippen molar-refractivity contribution in [3.05, 3.63) is 119 Å². The molecule has 0 bridgehead atoms. The maximum atomic E-state index is 13.1. The number of piperidine rings is 1. The number of imidazole rings is 1. The number of benzene rings is 3. The van der Waals surface area contributed by atoms with Gasteiger partial charge in [0.05, 0.1) is 17.3 Å². The van der Waals surface area contributed by atoms with Gasteiger partial charge in [0, 0.05) is 55.6 Å². The van der Waals surface area contributed by atoms with Gasteiger partial charge in [-0.3, -0.25) is 4.79 Å². The number of amides is 1. The highest BCUT2D eigenvalue weighted by atomic mass is 35.5. The van der Waals surface area contributed by atoms with Gasteiger partial charge in [-0.05, 0) is 79.4 Å². The number of furan rings is 1. The molecule has 1 atom stereocenters. The Hall–Kier alpha value is -4.07. The smallest absolute Gasteiger partial charge is 0.253 e. The Morgan fingerprint density at radius 3 is 2.65 bits per heavy atom. The fourth-order valence-electron chi connectivity index (χ4n) is 6.07. The predicted molar refractivity (Wildman–Crippen MR) is 173 cm³/mol. The minimum Gasteiger partial charge on any atom is -0.469 e. The zero-order valence-corrected chi connectivity index (χ0v) is 25.3. The third-order valence-electron chi connectivity index (χ3n) is 8.45. The van der Waals surface area contributed by atoms with E-state index in [4.69, 9.17) is 21.0 Å². The van der Waals surface area contributed by atoms with E-state index in [0.717, 1.165) is 78.6 Å². The molecule has 0 aliphatic carbocycles. The van der Waals surface area contributed by atoms with Gasteiger partial charge < -0.3 is 24.5 Å². The summed E-state index contributed by atoms with van der Waals surface area (Å²) in [6.07, 6.45) is 5.48. The molecule has 222 valence electrons. The van der Waals surface area contributed by atoms with Crippen molar-refractivity contribution in [2.24, 2.45) is 0 Å². The minimum atomic E-state index is 0.0400. The van der Waals surface area contributed by atoms with Crippen molar-refractivity contribution in [1.29, 1.82) is 0 Å². The summed E-state index contributed by atoms with van der Waals surface area (Å²) in [4.78, 5) is 25.8. The van der Waals surface area contributed by atoms with Crippen LogP contribution in [-0.4, -0.2) is 64.9 Å². The van der Waals surface area contributed by atoms with Crippen LogP contribution in [-0.2, 0) is 6.42 Å². The molecule has 2 aromatic heterocycles. The highest BCUT2D eigenvalue weighted by molar-refractivity contribution is 6.30. The number of likely N-dealkylation sites (N-methyl/N-ethyl adjacent to an activating group) is 1. The summed E-state index contributed by atoms with van der Waals surface area (Å²) in [5, 5.41) is 4.38. The maximum absolute atomic E-state index is 13.1. The third kappa shape index (κ3) is 7.29. The molecule has 1 aliphatic rings. The Labute approximate surface area is 257 Å². The Bertz CT molecular complexity index is 1630. The summed E-state index contributed by atoms with van der Waals surface area (Å²) in [6, 6.07) is 28.1. The van der Waals surface area contributed by atoms with Crippen LogP contribution in [0.2, 0.25) is 5.02 Å². The summed E-state index contributed by atoms with van der Waals surface area (Å²) < 4.78 is 5.56. The van der Waals surface area contributed by atoms with Crippen molar-refractivity contribution in [3.8, 4) is 0 Å². The number of hydrogen-bond donors (Lipinski definition) is 2.